The summed E-state index contributed by atoms with van der Waals surface area (Å²) in [5.74, 6) is 1.59. The highest BCUT2D eigenvalue weighted by atomic mass is 16.5. The number of carbonyl (C=O) groups excluding carboxylic acids is 1. The first-order valence-electron chi connectivity index (χ1n) is 7.13. The summed E-state index contributed by atoms with van der Waals surface area (Å²) in [5.41, 5.74) is 0. The van der Waals surface area contributed by atoms with Gasteiger partial charge < -0.3 is 20.1 Å². The molecule has 0 spiro atoms. The zero-order valence-corrected chi connectivity index (χ0v) is 12.3. The normalized spacial score (nSPS) is 9.90. The van der Waals surface area contributed by atoms with E-state index in [-0.39, 0.29) is 6.03 Å². The monoisotopic (exact) mass is 280 g/mol. The molecule has 20 heavy (non-hydrogen) atoms. The lowest BCUT2D eigenvalue weighted by Crippen LogP contribution is -2.38. The predicted molar refractivity (Wildman–Crippen MR) is 79.4 cm³/mol. The van der Waals surface area contributed by atoms with Crippen LogP contribution in [-0.4, -0.2) is 32.3 Å². The standard InChI is InChI=1S/C15H24N2O3/c1-3-5-10-16-15(18)17-11-12-20-14-8-6-13(7-9-14)19-4-2/h6-9H,3-5,10-12H2,1-2H3,(H2,16,17,18). The third kappa shape index (κ3) is 6.87. The number of rotatable bonds is 9. The number of nitrogens with one attached hydrogen (secondary N) is 2. The Bertz CT molecular complexity index is 379. The van der Waals surface area contributed by atoms with Gasteiger partial charge in [0, 0.05) is 6.54 Å². The molecule has 1 rings (SSSR count). The third-order valence-electron chi connectivity index (χ3n) is 2.61. The van der Waals surface area contributed by atoms with Gasteiger partial charge in [0.2, 0.25) is 0 Å². The van der Waals surface area contributed by atoms with Gasteiger partial charge in [0.15, 0.2) is 0 Å². The maximum Gasteiger partial charge on any atom is 0.314 e. The van der Waals surface area contributed by atoms with E-state index in [2.05, 4.69) is 17.6 Å². The van der Waals surface area contributed by atoms with Gasteiger partial charge in [-0.15, -0.1) is 0 Å². The number of hydrogen-bond acceptors (Lipinski definition) is 3. The van der Waals surface area contributed by atoms with Crippen LogP contribution < -0.4 is 20.1 Å². The number of unbranched alkanes of at least 4 members (excludes halogenated alkanes) is 1. The minimum Gasteiger partial charge on any atom is -0.494 e. The Balaban J connectivity index is 2.12. The van der Waals surface area contributed by atoms with E-state index < -0.39 is 0 Å². The van der Waals surface area contributed by atoms with Crippen LogP contribution in [0.15, 0.2) is 24.3 Å². The minimum absolute atomic E-state index is 0.145. The minimum atomic E-state index is -0.145. The van der Waals surface area contributed by atoms with E-state index in [4.69, 9.17) is 9.47 Å². The maximum atomic E-state index is 11.4. The van der Waals surface area contributed by atoms with E-state index in [0.29, 0.717) is 26.3 Å². The molecular formula is C15H24N2O3. The molecular weight excluding hydrogens is 256 g/mol. The van der Waals surface area contributed by atoms with Crippen LogP contribution >= 0.6 is 0 Å². The van der Waals surface area contributed by atoms with Crippen molar-refractivity contribution in [3.63, 3.8) is 0 Å². The summed E-state index contributed by atoms with van der Waals surface area (Å²) in [4.78, 5) is 11.4. The molecule has 1 aromatic carbocycles. The summed E-state index contributed by atoms with van der Waals surface area (Å²) in [6, 6.07) is 7.29. The average molecular weight is 280 g/mol. The molecule has 0 heterocycles. The van der Waals surface area contributed by atoms with Crippen molar-refractivity contribution in [2.24, 2.45) is 0 Å². The molecule has 0 aliphatic carbocycles. The highest BCUT2D eigenvalue weighted by molar-refractivity contribution is 5.73. The zero-order chi connectivity index (χ0) is 14.6. The Kier molecular flexibility index (Phi) is 8.03. The molecule has 5 heteroatoms. The lowest BCUT2D eigenvalue weighted by Gasteiger charge is -2.09. The van der Waals surface area contributed by atoms with Crippen molar-refractivity contribution in [2.75, 3.05) is 26.3 Å². The van der Waals surface area contributed by atoms with Gasteiger partial charge in [-0.3, -0.25) is 0 Å². The Morgan fingerprint density at radius 2 is 1.60 bits per heavy atom. The topological polar surface area (TPSA) is 59.6 Å². The second-order valence-corrected chi connectivity index (χ2v) is 4.29. The highest BCUT2D eigenvalue weighted by Gasteiger charge is 1.99. The number of amides is 2. The van der Waals surface area contributed by atoms with Crippen molar-refractivity contribution in [1.29, 1.82) is 0 Å². The summed E-state index contributed by atoms with van der Waals surface area (Å²) >= 11 is 0. The van der Waals surface area contributed by atoms with Crippen LogP contribution in [0, 0.1) is 0 Å². The van der Waals surface area contributed by atoms with Crippen LogP contribution in [-0.2, 0) is 0 Å². The number of benzene rings is 1. The van der Waals surface area contributed by atoms with E-state index in [0.717, 1.165) is 24.3 Å². The molecule has 0 aliphatic heterocycles. The fourth-order valence-electron chi connectivity index (χ4n) is 1.57. The number of carbonyl (C=O) groups is 1. The number of ether oxygens (including phenoxy) is 2. The second kappa shape index (κ2) is 9.95. The summed E-state index contributed by atoms with van der Waals surface area (Å²) in [6.45, 7) is 6.31. The molecule has 112 valence electrons. The smallest absolute Gasteiger partial charge is 0.314 e. The fourth-order valence-corrected chi connectivity index (χ4v) is 1.57. The van der Waals surface area contributed by atoms with Crippen molar-refractivity contribution in [3.8, 4) is 11.5 Å². The lowest BCUT2D eigenvalue weighted by molar-refractivity contribution is 0.236. The molecule has 0 aromatic heterocycles. The molecule has 0 bridgehead atoms. The van der Waals surface area contributed by atoms with Gasteiger partial charge in [-0.1, -0.05) is 13.3 Å². The summed E-state index contributed by atoms with van der Waals surface area (Å²) in [5, 5.41) is 5.53. The van der Waals surface area contributed by atoms with Crippen LogP contribution in [0.1, 0.15) is 26.7 Å². The Labute approximate surface area is 120 Å². The SMILES string of the molecule is CCCCNC(=O)NCCOc1ccc(OCC)cc1. The number of hydrogen-bond donors (Lipinski definition) is 2. The van der Waals surface area contributed by atoms with E-state index in [1.807, 2.05) is 31.2 Å². The van der Waals surface area contributed by atoms with Gasteiger partial charge in [-0.05, 0) is 37.6 Å². The zero-order valence-electron chi connectivity index (χ0n) is 12.3. The first-order chi connectivity index (χ1) is 9.76. The molecule has 2 amide bonds. The van der Waals surface area contributed by atoms with Gasteiger partial charge in [-0.25, -0.2) is 4.79 Å². The maximum absolute atomic E-state index is 11.4. The first-order valence-corrected chi connectivity index (χ1v) is 7.13. The van der Waals surface area contributed by atoms with E-state index >= 15 is 0 Å². The Morgan fingerprint density at radius 3 is 2.20 bits per heavy atom. The molecule has 0 atom stereocenters. The molecule has 0 fully saturated rings. The van der Waals surface area contributed by atoms with Crippen LogP contribution in [0.5, 0.6) is 11.5 Å². The largest absolute Gasteiger partial charge is 0.494 e. The average Bonchev–Trinajstić information content (AvgIpc) is 2.46. The quantitative estimate of drug-likeness (QED) is 0.683. The van der Waals surface area contributed by atoms with Crippen molar-refractivity contribution >= 4 is 6.03 Å². The van der Waals surface area contributed by atoms with Gasteiger partial charge >= 0.3 is 6.03 Å². The van der Waals surface area contributed by atoms with Crippen molar-refractivity contribution in [2.45, 2.75) is 26.7 Å². The Morgan fingerprint density at radius 1 is 1.00 bits per heavy atom. The van der Waals surface area contributed by atoms with Crippen molar-refractivity contribution < 1.29 is 14.3 Å². The molecule has 0 radical (unpaired) electrons. The summed E-state index contributed by atoms with van der Waals surface area (Å²) in [6.07, 6.45) is 2.07. The molecule has 0 saturated heterocycles. The van der Waals surface area contributed by atoms with Crippen LogP contribution in [0.2, 0.25) is 0 Å². The molecule has 0 aliphatic rings. The van der Waals surface area contributed by atoms with Gasteiger partial charge in [-0.2, -0.15) is 0 Å². The molecule has 2 N–H and O–H groups in total. The molecule has 0 unspecified atom stereocenters. The third-order valence-corrected chi connectivity index (χ3v) is 2.61. The van der Waals surface area contributed by atoms with Gasteiger partial charge in [0.1, 0.15) is 18.1 Å². The van der Waals surface area contributed by atoms with Gasteiger partial charge in [0.25, 0.3) is 0 Å². The van der Waals surface area contributed by atoms with E-state index in [9.17, 15) is 4.79 Å². The second-order valence-electron chi connectivity index (χ2n) is 4.29. The predicted octanol–water partition coefficient (Wildman–Crippen LogP) is 2.56. The lowest BCUT2D eigenvalue weighted by atomic mass is 10.3. The van der Waals surface area contributed by atoms with Crippen molar-refractivity contribution in [3.05, 3.63) is 24.3 Å². The van der Waals surface area contributed by atoms with Crippen LogP contribution in [0.4, 0.5) is 4.79 Å². The summed E-state index contributed by atoms with van der Waals surface area (Å²) < 4.78 is 10.9. The van der Waals surface area contributed by atoms with E-state index in [1.54, 1.807) is 0 Å². The van der Waals surface area contributed by atoms with E-state index in [1.165, 1.54) is 0 Å². The van der Waals surface area contributed by atoms with Crippen LogP contribution in [0.25, 0.3) is 0 Å². The number of urea groups is 1. The molecule has 0 saturated carbocycles. The molecule has 1 aromatic rings. The Hall–Kier alpha value is -1.91. The van der Waals surface area contributed by atoms with Gasteiger partial charge in [0.05, 0.1) is 13.2 Å². The summed E-state index contributed by atoms with van der Waals surface area (Å²) in [7, 11) is 0. The first kappa shape index (κ1) is 16.1. The van der Waals surface area contributed by atoms with Crippen LogP contribution in [0.3, 0.4) is 0 Å². The fraction of sp³-hybridized carbons (Fsp3) is 0.533. The van der Waals surface area contributed by atoms with Crippen molar-refractivity contribution in [1.82, 2.24) is 10.6 Å². The highest BCUT2D eigenvalue weighted by Crippen LogP contribution is 2.17. The molecule has 5 nitrogen and oxygen atoms in total.